The number of anilines is 2. The van der Waals surface area contributed by atoms with E-state index in [-0.39, 0.29) is 11.7 Å². The normalized spacial score (nSPS) is 17.7. The van der Waals surface area contributed by atoms with Gasteiger partial charge in [-0.25, -0.2) is 14.4 Å². The average molecular weight is 383 g/mol. The maximum atomic E-state index is 13.5. The van der Waals surface area contributed by atoms with Gasteiger partial charge in [-0.15, -0.1) is 0 Å². The number of benzene rings is 1. The molecule has 1 aromatic carbocycles. The van der Waals surface area contributed by atoms with Gasteiger partial charge in [-0.1, -0.05) is 6.07 Å². The van der Waals surface area contributed by atoms with Crippen molar-refractivity contribution in [1.29, 1.82) is 0 Å². The van der Waals surface area contributed by atoms with Crippen LogP contribution < -0.4 is 9.80 Å². The predicted octanol–water partition coefficient (Wildman–Crippen LogP) is 2.88. The Hall–Kier alpha value is -2.70. The molecule has 2 aliphatic rings. The number of aromatic nitrogens is 2. The number of carbonyl (C=O) groups is 1. The Morgan fingerprint density at radius 2 is 1.64 bits per heavy atom. The van der Waals surface area contributed by atoms with Crippen molar-refractivity contribution >= 4 is 17.4 Å². The largest absolute Gasteiger partial charge is 0.368 e. The SMILES string of the molecule is Cc1nc(C(=O)N2CCCCC2)cc(N2CCN(c3cccc(F)c3)CC2)n1. The van der Waals surface area contributed by atoms with Crippen LogP contribution >= 0.6 is 0 Å². The molecule has 148 valence electrons. The van der Waals surface area contributed by atoms with Crippen molar-refractivity contribution in [2.24, 2.45) is 0 Å². The lowest BCUT2D eigenvalue weighted by molar-refractivity contribution is 0.0718. The quantitative estimate of drug-likeness (QED) is 0.816. The second kappa shape index (κ2) is 8.12. The molecule has 2 aliphatic heterocycles. The van der Waals surface area contributed by atoms with Crippen molar-refractivity contribution in [3.05, 3.63) is 47.7 Å². The summed E-state index contributed by atoms with van der Waals surface area (Å²) >= 11 is 0. The van der Waals surface area contributed by atoms with Gasteiger partial charge in [0, 0.05) is 51.0 Å². The second-order valence-corrected chi connectivity index (χ2v) is 7.47. The molecule has 0 bridgehead atoms. The van der Waals surface area contributed by atoms with Gasteiger partial charge in [0.2, 0.25) is 0 Å². The lowest BCUT2D eigenvalue weighted by atomic mass is 10.1. The van der Waals surface area contributed by atoms with E-state index in [2.05, 4.69) is 19.8 Å². The maximum Gasteiger partial charge on any atom is 0.272 e. The molecule has 2 fully saturated rings. The van der Waals surface area contributed by atoms with Gasteiger partial charge in [-0.3, -0.25) is 4.79 Å². The molecule has 2 saturated heterocycles. The van der Waals surface area contributed by atoms with E-state index in [1.165, 1.54) is 12.5 Å². The van der Waals surface area contributed by atoms with Gasteiger partial charge in [0.1, 0.15) is 23.2 Å². The Labute approximate surface area is 165 Å². The summed E-state index contributed by atoms with van der Waals surface area (Å²) in [5.41, 5.74) is 1.39. The molecule has 0 radical (unpaired) electrons. The average Bonchev–Trinajstić information content (AvgIpc) is 2.73. The maximum absolute atomic E-state index is 13.5. The number of piperazine rings is 1. The highest BCUT2D eigenvalue weighted by Gasteiger charge is 2.23. The number of nitrogens with zero attached hydrogens (tertiary/aromatic N) is 5. The number of rotatable bonds is 3. The van der Waals surface area contributed by atoms with E-state index >= 15 is 0 Å². The van der Waals surface area contributed by atoms with Crippen LogP contribution in [0.25, 0.3) is 0 Å². The van der Waals surface area contributed by atoms with Gasteiger partial charge >= 0.3 is 0 Å². The highest BCUT2D eigenvalue weighted by molar-refractivity contribution is 5.93. The van der Waals surface area contributed by atoms with Crippen molar-refractivity contribution < 1.29 is 9.18 Å². The van der Waals surface area contributed by atoms with Crippen LogP contribution in [-0.2, 0) is 0 Å². The second-order valence-electron chi connectivity index (χ2n) is 7.47. The smallest absolute Gasteiger partial charge is 0.272 e. The highest BCUT2D eigenvalue weighted by atomic mass is 19.1. The lowest BCUT2D eigenvalue weighted by Crippen LogP contribution is -2.47. The van der Waals surface area contributed by atoms with E-state index < -0.39 is 0 Å². The number of hydrogen-bond donors (Lipinski definition) is 0. The molecule has 0 saturated carbocycles. The first-order valence-corrected chi connectivity index (χ1v) is 10.0. The van der Waals surface area contributed by atoms with Crippen LogP contribution in [0.1, 0.15) is 35.6 Å². The van der Waals surface area contributed by atoms with Crippen molar-refractivity contribution in [2.45, 2.75) is 26.2 Å². The van der Waals surface area contributed by atoms with Gasteiger partial charge < -0.3 is 14.7 Å². The minimum atomic E-state index is -0.216. The fraction of sp³-hybridized carbons (Fsp3) is 0.476. The summed E-state index contributed by atoms with van der Waals surface area (Å²) in [6.07, 6.45) is 3.31. The van der Waals surface area contributed by atoms with E-state index in [1.807, 2.05) is 24.0 Å². The molecule has 0 atom stereocenters. The van der Waals surface area contributed by atoms with Crippen molar-refractivity contribution in [2.75, 3.05) is 49.1 Å². The monoisotopic (exact) mass is 383 g/mol. The Morgan fingerprint density at radius 1 is 0.929 bits per heavy atom. The third-order valence-corrected chi connectivity index (χ3v) is 5.46. The molecule has 4 rings (SSSR count). The summed E-state index contributed by atoms with van der Waals surface area (Å²) in [5, 5.41) is 0. The third-order valence-electron chi connectivity index (χ3n) is 5.46. The minimum Gasteiger partial charge on any atom is -0.368 e. The molecule has 1 aromatic heterocycles. The van der Waals surface area contributed by atoms with E-state index in [0.717, 1.165) is 63.6 Å². The van der Waals surface area contributed by atoms with Crippen LogP contribution in [0.5, 0.6) is 0 Å². The molecule has 0 aliphatic carbocycles. The molecule has 6 nitrogen and oxygen atoms in total. The standard InChI is InChI=1S/C21H26FN5O/c1-16-23-19(21(28)27-8-3-2-4-9-27)15-20(24-16)26-12-10-25(11-13-26)18-7-5-6-17(22)14-18/h5-7,14-15H,2-4,8-13H2,1H3. The van der Waals surface area contributed by atoms with Crippen LogP contribution in [0.2, 0.25) is 0 Å². The topological polar surface area (TPSA) is 52.6 Å². The van der Waals surface area contributed by atoms with E-state index in [4.69, 9.17) is 0 Å². The number of amides is 1. The molecule has 0 unspecified atom stereocenters. The molecule has 7 heteroatoms. The molecule has 2 aromatic rings. The summed E-state index contributed by atoms with van der Waals surface area (Å²) in [6, 6.07) is 8.53. The first-order valence-electron chi connectivity index (χ1n) is 10.0. The molecule has 28 heavy (non-hydrogen) atoms. The number of halogens is 1. The zero-order chi connectivity index (χ0) is 19.5. The summed E-state index contributed by atoms with van der Waals surface area (Å²) in [7, 11) is 0. The Kier molecular flexibility index (Phi) is 5.41. The summed E-state index contributed by atoms with van der Waals surface area (Å²) in [4.78, 5) is 28.0. The number of aryl methyl sites for hydroxylation is 1. The van der Waals surface area contributed by atoms with Crippen molar-refractivity contribution in [3.8, 4) is 0 Å². The van der Waals surface area contributed by atoms with Gasteiger partial charge in [-0.05, 0) is 44.4 Å². The predicted molar refractivity (Wildman–Crippen MR) is 107 cm³/mol. The number of piperidine rings is 1. The number of carbonyl (C=O) groups excluding carboxylic acids is 1. The van der Waals surface area contributed by atoms with Gasteiger partial charge in [0.15, 0.2) is 0 Å². The molecule has 0 N–H and O–H groups in total. The summed E-state index contributed by atoms with van der Waals surface area (Å²) in [5.74, 6) is 1.20. The summed E-state index contributed by atoms with van der Waals surface area (Å²) in [6.45, 7) is 6.55. The van der Waals surface area contributed by atoms with E-state index in [9.17, 15) is 9.18 Å². The fourth-order valence-electron chi connectivity index (χ4n) is 3.95. The fourth-order valence-corrected chi connectivity index (χ4v) is 3.95. The minimum absolute atomic E-state index is 0.00449. The zero-order valence-electron chi connectivity index (χ0n) is 16.3. The van der Waals surface area contributed by atoms with Crippen LogP contribution in [0.15, 0.2) is 30.3 Å². The van der Waals surface area contributed by atoms with Gasteiger partial charge in [0.05, 0.1) is 0 Å². The van der Waals surface area contributed by atoms with Crippen LogP contribution in [0, 0.1) is 12.7 Å². The van der Waals surface area contributed by atoms with E-state index in [1.54, 1.807) is 12.1 Å². The molecule has 1 amide bonds. The first kappa shape index (κ1) is 18.7. The van der Waals surface area contributed by atoms with Crippen LogP contribution in [0.4, 0.5) is 15.9 Å². The molecular formula is C21H26FN5O. The third kappa shape index (κ3) is 4.08. The lowest BCUT2D eigenvalue weighted by Gasteiger charge is -2.37. The van der Waals surface area contributed by atoms with E-state index in [0.29, 0.717) is 11.5 Å². The van der Waals surface area contributed by atoms with Gasteiger partial charge in [0.25, 0.3) is 5.91 Å². The highest BCUT2D eigenvalue weighted by Crippen LogP contribution is 2.21. The molecule has 3 heterocycles. The first-order chi connectivity index (χ1) is 13.6. The Balaban J connectivity index is 1.46. The van der Waals surface area contributed by atoms with Crippen LogP contribution in [-0.4, -0.2) is 60.0 Å². The molecule has 0 spiro atoms. The zero-order valence-corrected chi connectivity index (χ0v) is 16.3. The van der Waals surface area contributed by atoms with Crippen molar-refractivity contribution in [1.82, 2.24) is 14.9 Å². The molecular weight excluding hydrogens is 357 g/mol. The number of likely N-dealkylation sites (tertiary alicyclic amines) is 1. The Bertz CT molecular complexity index is 844. The number of hydrogen-bond acceptors (Lipinski definition) is 5. The van der Waals surface area contributed by atoms with Crippen LogP contribution in [0.3, 0.4) is 0 Å². The summed E-state index contributed by atoms with van der Waals surface area (Å²) < 4.78 is 13.5. The Morgan fingerprint density at radius 3 is 2.36 bits per heavy atom. The van der Waals surface area contributed by atoms with Gasteiger partial charge in [-0.2, -0.15) is 0 Å². The van der Waals surface area contributed by atoms with Crippen molar-refractivity contribution in [3.63, 3.8) is 0 Å².